The first-order valence-corrected chi connectivity index (χ1v) is 14.3. The molecule has 0 saturated carbocycles. The van der Waals surface area contributed by atoms with Gasteiger partial charge in [0.15, 0.2) is 18.1 Å². The van der Waals surface area contributed by atoms with E-state index in [0.29, 0.717) is 40.1 Å². The minimum atomic E-state index is -0.579. The van der Waals surface area contributed by atoms with Gasteiger partial charge in [0.1, 0.15) is 6.54 Å². The van der Waals surface area contributed by atoms with E-state index in [4.69, 9.17) is 21.1 Å². The molecule has 1 heterocycles. The second kappa shape index (κ2) is 13.6. The fourth-order valence-electron chi connectivity index (χ4n) is 4.01. The van der Waals surface area contributed by atoms with Crippen LogP contribution in [0.1, 0.15) is 29.2 Å². The summed E-state index contributed by atoms with van der Waals surface area (Å²) in [6.45, 7) is 7.26. The van der Waals surface area contributed by atoms with Crippen LogP contribution in [0.15, 0.2) is 59.5 Å². The highest BCUT2D eigenvalue weighted by Crippen LogP contribution is 2.35. The van der Waals surface area contributed by atoms with Crippen LogP contribution in [0.2, 0.25) is 5.02 Å². The quantitative estimate of drug-likeness (QED) is 0.258. The third kappa shape index (κ3) is 7.71. The highest BCUT2D eigenvalue weighted by atomic mass is 35.5. The number of carbonyl (C=O) groups is 4. The zero-order valence-corrected chi connectivity index (χ0v) is 25.2. The van der Waals surface area contributed by atoms with Gasteiger partial charge in [0.05, 0.1) is 11.5 Å². The van der Waals surface area contributed by atoms with Crippen LogP contribution < -0.4 is 20.1 Å². The van der Waals surface area contributed by atoms with Gasteiger partial charge in [-0.25, -0.2) is 0 Å². The molecule has 3 aromatic carbocycles. The summed E-state index contributed by atoms with van der Waals surface area (Å²) in [5.74, 6) is -0.700. The van der Waals surface area contributed by atoms with Gasteiger partial charge in [0.25, 0.3) is 17.1 Å². The minimum Gasteiger partial charge on any atom is -0.490 e. The summed E-state index contributed by atoms with van der Waals surface area (Å²) < 4.78 is 11.4. The van der Waals surface area contributed by atoms with Gasteiger partial charge in [-0.3, -0.25) is 24.1 Å². The van der Waals surface area contributed by atoms with Crippen LogP contribution in [0, 0.1) is 20.8 Å². The maximum atomic E-state index is 13.0. The van der Waals surface area contributed by atoms with E-state index in [9.17, 15) is 19.2 Å². The number of nitrogens with zero attached hydrogens (tertiary/aromatic N) is 1. The molecule has 3 aromatic rings. The molecule has 4 amide bonds. The Morgan fingerprint density at radius 1 is 0.881 bits per heavy atom. The first kappa shape index (κ1) is 30.7. The van der Waals surface area contributed by atoms with E-state index in [0.717, 1.165) is 33.4 Å². The molecular weight excluding hydrogens is 578 g/mol. The third-order valence-electron chi connectivity index (χ3n) is 6.36. The Balaban J connectivity index is 1.41. The third-order valence-corrected chi connectivity index (χ3v) is 7.51. The molecule has 0 atom stereocenters. The molecule has 0 bridgehead atoms. The Bertz CT molecular complexity index is 1590. The van der Waals surface area contributed by atoms with Crippen molar-refractivity contribution in [1.29, 1.82) is 0 Å². The topological polar surface area (TPSA) is 114 Å². The second-order valence-corrected chi connectivity index (χ2v) is 11.0. The fraction of sp³-hybridized carbons (Fsp3) is 0.226. The lowest BCUT2D eigenvalue weighted by molar-refractivity contribution is -0.127. The number of carbonyl (C=O) groups excluding carboxylic acids is 4. The van der Waals surface area contributed by atoms with Gasteiger partial charge in [-0.15, -0.1) is 0 Å². The number of hydrogen-bond acceptors (Lipinski definition) is 7. The van der Waals surface area contributed by atoms with E-state index < -0.39 is 23.6 Å². The number of thioether (sulfide) groups is 1. The average Bonchev–Trinajstić information content (AvgIpc) is 3.19. The summed E-state index contributed by atoms with van der Waals surface area (Å²) in [5.41, 5.74) is 4.75. The molecule has 2 N–H and O–H groups in total. The maximum absolute atomic E-state index is 13.0. The lowest BCUT2D eigenvalue weighted by atomic mass is 10.1. The second-order valence-electron chi connectivity index (χ2n) is 9.55. The fourth-order valence-corrected chi connectivity index (χ4v) is 5.02. The molecule has 4 rings (SSSR count). The molecule has 0 aliphatic carbocycles. The lowest BCUT2D eigenvalue weighted by Gasteiger charge is -2.14. The van der Waals surface area contributed by atoms with Crippen molar-refractivity contribution in [1.82, 2.24) is 4.90 Å². The van der Waals surface area contributed by atoms with Crippen LogP contribution >= 0.6 is 23.4 Å². The highest BCUT2D eigenvalue weighted by molar-refractivity contribution is 8.18. The first-order valence-electron chi connectivity index (χ1n) is 13.1. The van der Waals surface area contributed by atoms with Gasteiger partial charge < -0.3 is 20.1 Å². The van der Waals surface area contributed by atoms with Crippen molar-refractivity contribution in [3.63, 3.8) is 0 Å². The molecule has 1 aliphatic heterocycles. The molecular formula is C31H30ClN3O6S. The van der Waals surface area contributed by atoms with Crippen LogP contribution in [0.3, 0.4) is 0 Å². The van der Waals surface area contributed by atoms with Crippen molar-refractivity contribution < 1.29 is 28.7 Å². The molecule has 11 heteroatoms. The summed E-state index contributed by atoms with van der Waals surface area (Å²) in [6.07, 6.45) is 1.54. The van der Waals surface area contributed by atoms with Crippen LogP contribution in [-0.4, -0.2) is 47.6 Å². The smallest absolute Gasteiger partial charge is 0.294 e. The van der Waals surface area contributed by atoms with Crippen LogP contribution in [-0.2, 0) is 14.4 Å². The number of rotatable bonds is 10. The minimum absolute atomic E-state index is 0.163. The van der Waals surface area contributed by atoms with Gasteiger partial charge in [-0.1, -0.05) is 29.8 Å². The zero-order chi connectivity index (χ0) is 30.4. The Morgan fingerprint density at radius 2 is 1.64 bits per heavy atom. The molecule has 0 spiro atoms. The lowest BCUT2D eigenvalue weighted by Crippen LogP contribution is -2.36. The molecule has 0 unspecified atom stereocenters. The Kier molecular flexibility index (Phi) is 9.92. The van der Waals surface area contributed by atoms with Gasteiger partial charge in [0.2, 0.25) is 5.91 Å². The van der Waals surface area contributed by atoms with Crippen molar-refractivity contribution in [2.45, 2.75) is 27.7 Å². The summed E-state index contributed by atoms with van der Waals surface area (Å²) in [6, 6.07) is 15.7. The normalized spacial score (nSPS) is 13.8. The molecule has 0 radical (unpaired) electrons. The number of aryl methyl sites for hydroxylation is 3. The summed E-state index contributed by atoms with van der Waals surface area (Å²) in [7, 11) is 0. The van der Waals surface area contributed by atoms with E-state index in [2.05, 4.69) is 10.6 Å². The van der Waals surface area contributed by atoms with Crippen LogP contribution in [0.4, 0.5) is 16.2 Å². The molecule has 218 valence electrons. The number of benzene rings is 3. The SMILES string of the molecule is CCOc1cc(/C=C2/SC(=O)N(CC(=O)Nc3cc(Cl)ccc3C)C2=O)ccc1OCC(=O)Nc1ccc(C)c(C)c1. The Hall–Kier alpha value is -4.28. The van der Waals surface area contributed by atoms with E-state index in [-0.39, 0.29) is 17.4 Å². The number of hydrogen-bond donors (Lipinski definition) is 2. The zero-order valence-electron chi connectivity index (χ0n) is 23.6. The van der Waals surface area contributed by atoms with E-state index in [1.807, 2.05) is 45.9 Å². The van der Waals surface area contributed by atoms with Gasteiger partial charge >= 0.3 is 0 Å². The number of amides is 4. The Labute approximate surface area is 253 Å². The molecule has 9 nitrogen and oxygen atoms in total. The van der Waals surface area contributed by atoms with E-state index in [1.54, 1.807) is 42.5 Å². The maximum Gasteiger partial charge on any atom is 0.294 e. The predicted molar refractivity (Wildman–Crippen MR) is 165 cm³/mol. The summed E-state index contributed by atoms with van der Waals surface area (Å²) >= 11 is 6.75. The van der Waals surface area contributed by atoms with Crippen molar-refractivity contribution in [3.8, 4) is 11.5 Å². The van der Waals surface area contributed by atoms with Gasteiger partial charge in [0, 0.05) is 16.4 Å². The molecule has 42 heavy (non-hydrogen) atoms. The molecule has 0 aromatic heterocycles. The largest absolute Gasteiger partial charge is 0.490 e. The standard InChI is InChI=1S/C31H30ClN3O6S/c1-5-40-26-13-21(8-11-25(26)41-17-29(37)33-23-10-7-18(2)20(4)12-23)14-27-30(38)35(31(39)42-27)16-28(36)34-24-15-22(32)9-6-19(24)3/h6-15H,5,16-17H2,1-4H3,(H,33,37)(H,34,36)/b27-14+. The van der Waals surface area contributed by atoms with Gasteiger partial charge in [-0.2, -0.15) is 0 Å². The van der Waals surface area contributed by atoms with E-state index >= 15 is 0 Å². The van der Waals surface area contributed by atoms with E-state index in [1.165, 1.54) is 0 Å². The summed E-state index contributed by atoms with van der Waals surface area (Å²) in [5, 5.41) is 5.40. The predicted octanol–water partition coefficient (Wildman–Crippen LogP) is 6.36. The number of nitrogens with one attached hydrogen (secondary N) is 2. The molecule has 1 fully saturated rings. The van der Waals surface area contributed by atoms with Crippen molar-refractivity contribution in [2.24, 2.45) is 0 Å². The van der Waals surface area contributed by atoms with Crippen LogP contribution in [0.5, 0.6) is 11.5 Å². The number of halogens is 1. The van der Waals surface area contributed by atoms with Crippen molar-refractivity contribution >= 4 is 63.8 Å². The van der Waals surface area contributed by atoms with Crippen molar-refractivity contribution in [2.75, 3.05) is 30.4 Å². The number of ether oxygens (including phenoxy) is 2. The van der Waals surface area contributed by atoms with Gasteiger partial charge in [-0.05, 0) is 104 Å². The van der Waals surface area contributed by atoms with Crippen molar-refractivity contribution in [3.05, 3.63) is 86.8 Å². The number of anilines is 2. The highest BCUT2D eigenvalue weighted by Gasteiger charge is 2.36. The molecule has 1 saturated heterocycles. The Morgan fingerprint density at radius 3 is 2.38 bits per heavy atom. The molecule has 1 aliphatic rings. The monoisotopic (exact) mass is 607 g/mol. The average molecular weight is 608 g/mol. The first-order chi connectivity index (χ1) is 20.0. The summed E-state index contributed by atoms with van der Waals surface area (Å²) in [4.78, 5) is 51.7. The van der Waals surface area contributed by atoms with Crippen LogP contribution in [0.25, 0.3) is 6.08 Å². The number of imide groups is 1.